The molecule has 0 aliphatic carbocycles. The molecule has 6 nitrogen and oxygen atoms in total. The van der Waals surface area contributed by atoms with E-state index in [2.05, 4.69) is 16.4 Å². The van der Waals surface area contributed by atoms with Crippen molar-refractivity contribution < 1.29 is 9.90 Å². The lowest BCUT2D eigenvalue weighted by molar-refractivity contribution is 0.0697. The van der Waals surface area contributed by atoms with E-state index in [0.29, 0.717) is 11.3 Å². The van der Waals surface area contributed by atoms with Gasteiger partial charge in [-0.2, -0.15) is 5.26 Å². The summed E-state index contributed by atoms with van der Waals surface area (Å²) in [6.07, 6.45) is 1.73. The molecular weight excluding hydrogens is 280 g/mol. The van der Waals surface area contributed by atoms with Gasteiger partial charge in [-0.15, -0.1) is 5.10 Å². The number of carboxylic acid groups (broad SMARTS) is 1. The van der Waals surface area contributed by atoms with Gasteiger partial charge in [-0.1, -0.05) is 23.4 Å². The molecule has 0 amide bonds. The molecule has 0 aliphatic heterocycles. The molecule has 1 heterocycles. The molecule has 0 bridgehead atoms. The van der Waals surface area contributed by atoms with E-state index in [-0.39, 0.29) is 5.56 Å². The predicted octanol–water partition coefficient (Wildman–Crippen LogP) is 2.50. The fourth-order valence-electron chi connectivity index (χ4n) is 2.02. The summed E-state index contributed by atoms with van der Waals surface area (Å²) < 4.78 is 1.57. The zero-order valence-corrected chi connectivity index (χ0v) is 11.3. The minimum absolute atomic E-state index is 0.220. The Labute approximate surface area is 125 Å². The smallest absolute Gasteiger partial charge is 0.335 e. The Bertz CT molecular complexity index is 876. The summed E-state index contributed by atoms with van der Waals surface area (Å²) >= 11 is 0. The van der Waals surface area contributed by atoms with Crippen LogP contribution in [0.25, 0.3) is 16.9 Å². The van der Waals surface area contributed by atoms with Crippen molar-refractivity contribution in [2.45, 2.75) is 0 Å². The molecule has 0 aliphatic rings. The van der Waals surface area contributed by atoms with Gasteiger partial charge < -0.3 is 5.11 Å². The second kappa shape index (κ2) is 5.50. The van der Waals surface area contributed by atoms with Gasteiger partial charge >= 0.3 is 5.97 Å². The molecule has 0 radical (unpaired) electrons. The number of hydrogen-bond acceptors (Lipinski definition) is 4. The van der Waals surface area contributed by atoms with Gasteiger partial charge in [0.2, 0.25) is 0 Å². The second-order valence-corrected chi connectivity index (χ2v) is 4.59. The Balaban J connectivity index is 1.93. The number of rotatable bonds is 3. The van der Waals surface area contributed by atoms with E-state index in [9.17, 15) is 4.79 Å². The van der Waals surface area contributed by atoms with Crippen molar-refractivity contribution in [3.63, 3.8) is 0 Å². The average Bonchev–Trinajstić information content (AvgIpc) is 3.05. The van der Waals surface area contributed by atoms with Crippen molar-refractivity contribution in [1.29, 1.82) is 5.26 Å². The first-order valence-corrected chi connectivity index (χ1v) is 6.44. The Kier molecular flexibility index (Phi) is 3.38. The molecule has 1 N–H and O–H groups in total. The van der Waals surface area contributed by atoms with E-state index in [1.807, 2.05) is 6.07 Å². The topological polar surface area (TPSA) is 91.8 Å². The standard InChI is InChI=1S/C16H10N4O2/c17-9-11-2-1-3-14(8-11)20-10-15(18-19-20)12-4-6-13(7-5-12)16(21)22/h1-8,10H,(H,21,22). The van der Waals surface area contributed by atoms with Crippen molar-refractivity contribution in [2.24, 2.45) is 0 Å². The van der Waals surface area contributed by atoms with Crippen LogP contribution in [0.3, 0.4) is 0 Å². The molecule has 0 unspecified atom stereocenters. The van der Waals surface area contributed by atoms with Crippen molar-refractivity contribution >= 4 is 5.97 Å². The number of aromatic carboxylic acids is 1. The third kappa shape index (κ3) is 2.55. The van der Waals surface area contributed by atoms with E-state index in [4.69, 9.17) is 10.4 Å². The van der Waals surface area contributed by atoms with Crippen molar-refractivity contribution in [3.8, 4) is 23.0 Å². The number of hydrogen-bond donors (Lipinski definition) is 1. The van der Waals surface area contributed by atoms with Gasteiger partial charge in [-0.3, -0.25) is 0 Å². The Morgan fingerprint density at radius 3 is 2.64 bits per heavy atom. The molecule has 3 aromatic rings. The quantitative estimate of drug-likeness (QED) is 0.800. The molecule has 6 heteroatoms. The summed E-state index contributed by atoms with van der Waals surface area (Å²) in [4.78, 5) is 10.8. The third-order valence-corrected chi connectivity index (χ3v) is 3.16. The number of aromatic nitrogens is 3. The van der Waals surface area contributed by atoms with E-state index in [1.165, 1.54) is 12.1 Å². The highest BCUT2D eigenvalue weighted by Gasteiger charge is 2.07. The van der Waals surface area contributed by atoms with Crippen LogP contribution >= 0.6 is 0 Å². The van der Waals surface area contributed by atoms with Gasteiger partial charge in [-0.25, -0.2) is 9.48 Å². The summed E-state index contributed by atoms with van der Waals surface area (Å²) in [5.41, 5.74) is 2.89. The van der Waals surface area contributed by atoms with Gasteiger partial charge in [0.1, 0.15) is 5.69 Å². The molecule has 0 saturated heterocycles. The molecule has 0 spiro atoms. The van der Waals surface area contributed by atoms with E-state index < -0.39 is 5.97 Å². The Morgan fingerprint density at radius 1 is 1.18 bits per heavy atom. The molecule has 0 fully saturated rings. The molecule has 106 valence electrons. The lowest BCUT2D eigenvalue weighted by Crippen LogP contribution is -1.95. The van der Waals surface area contributed by atoms with Crippen molar-refractivity contribution in [2.75, 3.05) is 0 Å². The molecule has 2 aromatic carbocycles. The van der Waals surface area contributed by atoms with Crippen LogP contribution in [0, 0.1) is 11.3 Å². The van der Waals surface area contributed by atoms with E-state index >= 15 is 0 Å². The summed E-state index contributed by atoms with van der Waals surface area (Å²) in [6.45, 7) is 0. The first-order chi connectivity index (χ1) is 10.7. The molecule has 0 saturated carbocycles. The van der Waals surface area contributed by atoms with Crippen molar-refractivity contribution in [1.82, 2.24) is 15.0 Å². The van der Waals surface area contributed by atoms with Crippen LogP contribution < -0.4 is 0 Å². The number of benzene rings is 2. The largest absolute Gasteiger partial charge is 0.478 e. The zero-order valence-electron chi connectivity index (χ0n) is 11.3. The fraction of sp³-hybridized carbons (Fsp3) is 0. The molecule has 0 atom stereocenters. The van der Waals surface area contributed by atoms with Crippen LogP contribution in [0.15, 0.2) is 54.7 Å². The van der Waals surface area contributed by atoms with Crippen LogP contribution in [0.2, 0.25) is 0 Å². The average molecular weight is 290 g/mol. The normalized spacial score (nSPS) is 10.1. The van der Waals surface area contributed by atoms with Crippen LogP contribution in [0.5, 0.6) is 0 Å². The first kappa shape index (κ1) is 13.5. The Morgan fingerprint density at radius 2 is 1.95 bits per heavy atom. The summed E-state index contributed by atoms with van der Waals surface area (Å²) in [6, 6.07) is 15.5. The van der Waals surface area contributed by atoms with Crippen molar-refractivity contribution in [3.05, 3.63) is 65.9 Å². The highest BCUT2D eigenvalue weighted by atomic mass is 16.4. The summed E-state index contributed by atoms with van der Waals surface area (Å²) in [5, 5.41) is 25.9. The SMILES string of the molecule is N#Cc1cccc(-n2cc(-c3ccc(C(=O)O)cc3)nn2)c1. The molecular formula is C16H10N4O2. The number of carboxylic acids is 1. The second-order valence-electron chi connectivity index (χ2n) is 4.59. The van der Waals surface area contributed by atoms with Crippen LogP contribution in [-0.2, 0) is 0 Å². The number of nitriles is 1. The minimum atomic E-state index is -0.969. The van der Waals surface area contributed by atoms with Gasteiger partial charge in [0, 0.05) is 5.56 Å². The van der Waals surface area contributed by atoms with Gasteiger partial charge in [0.15, 0.2) is 0 Å². The maximum absolute atomic E-state index is 10.8. The molecule has 1 aromatic heterocycles. The minimum Gasteiger partial charge on any atom is -0.478 e. The summed E-state index contributed by atoms with van der Waals surface area (Å²) in [5.74, 6) is -0.969. The summed E-state index contributed by atoms with van der Waals surface area (Å²) in [7, 11) is 0. The molecule has 3 rings (SSSR count). The Hall–Kier alpha value is -3.46. The monoisotopic (exact) mass is 290 g/mol. The predicted molar refractivity (Wildman–Crippen MR) is 78.5 cm³/mol. The van der Waals surface area contributed by atoms with Gasteiger partial charge in [-0.05, 0) is 30.3 Å². The van der Waals surface area contributed by atoms with E-state index in [1.54, 1.807) is 41.2 Å². The van der Waals surface area contributed by atoms with Gasteiger partial charge in [0.25, 0.3) is 0 Å². The highest BCUT2D eigenvalue weighted by molar-refractivity contribution is 5.88. The molecule has 22 heavy (non-hydrogen) atoms. The maximum atomic E-state index is 10.8. The van der Waals surface area contributed by atoms with Crippen LogP contribution in [0.1, 0.15) is 15.9 Å². The highest BCUT2D eigenvalue weighted by Crippen LogP contribution is 2.18. The van der Waals surface area contributed by atoms with Crippen LogP contribution in [-0.4, -0.2) is 26.1 Å². The third-order valence-electron chi connectivity index (χ3n) is 3.16. The zero-order chi connectivity index (χ0) is 15.5. The maximum Gasteiger partial charge on any atom is 0.335 e. The lowest BCUT2D eigenvalue weighted by atomic mass is 10.1. The first-order valence-electron chi connectivity index (χ1n) is 6.44. The number of nitrogens with zero attached hydrogens (tertiary/aromatic N) is 4. The fourth-order valence-corrected chi connectivity index (χ4v) is 2.02. The number of carbonyl (C=O) groups is 1. The van der Waals surface area contributed by atoms with E-state index in [0.717, 1.165) is 11.3 Å². The lowest BCUT2D eigenvalue weighted by Gasteiger charge is -1.99. The van der Waals surface area contributed by atoms with Gasteiger partial charge in [0.05, 0.1) is 29.1 Å². The van der Waals surface area contributed by atoms with Crippen LogP contribution in [0.4, 0.5) is 0 Å².